The van der Waals surface area contributed by atoms with Crippen LogP contribution in [0.15, 0.2) is 0 Å². The molecule has 4 heteroatoms. The van der Waals surface area contributed by atoms with Gasteiger partial charge >= 0.3 is 0 Å². The molecule has 0 aliphatic carbocycles. The van der Waals surface area contributed by atoms with E-state index in [1.54, 1.807) is 6.26 Å². The van der Waals surface area contributed by atoms with Crippen LogP contribution in [0.3, 0.4) is 0 Å². The second-order valence-corrected chi connectivity index (χ2v) is 5.88. The highest BCUT2D eigenvalue weighted by Crippen LogP contribution is 1.99. The molecule has 0 rings (SSSR count). The smallest absolute Gasteiger partial charge is 0.0244 e. The highest BCUT2D eigenvalue weighted by molar-refractivity contribution is 7.99. The van der Waals surface area contributed by atoms with Gasteiger partial charge in [-0.15, -0.1) is 0 Å². The molecule has 1 N–H and O–H groups in total. The number of hydrogen-bond donors (Lipinski definition) is 1. The molecule has 0 spiro atoms. The largest absolute Gasteiger partial charge is 0.317 e. The SMILES string of the molecule is CCSCCCNCCCS(C)=O. The van der Waals surface area contributed by atoms with Crippen LogP contribution in [0.25, 0.3) is 0 Å². The van der Waals surface area contributed by atoms with Crippen molar-refractivity contribution in [2.45, 2.75) is 19.8 Å². The molecule has 0 amide bonds. The third-order valence-corrected chi connectivity index (χ3v) is 3.48. The molecule has 2 nitrogen and oxygen atoms in total. The average molecular weight is 223 g/mol. The summed E-state index contributed by atoms with van der Waals surface area (Å²) in [6.45, 7) is 4.30. The Kier molecular flexibility index (Phi) is 10.9. The molecule has 0 saturated heterocycles. The highest BCUT2D eigenvalue weighted by atomic mass is 32.2. The molecule has 0 saturated carbocycles. The van der Waals surface area contributed by atoms with Crippen LogP contribution < -0.4 is 5.32 Å². The number of nitrogens with one attached hydrogen (secondary N) is 1. The van der Waals surface area contributed by atoms with E-state index in [-0.39, 0.29) is 0 Å². The van der Waals surface area contributed by atoms with Crippen molar-refractivity contribution in [3.63, 3.8) is 0 Å². The second-order valence-electron chi connectivity index (χ2n) is 2.93. The summed E-state index contributed by atoms with van der Waals surface area (Å²) in [5, 5.41) is 3.35. The quantitative estimate of drug-likeness (QED) is 0.601. The highest BCUT2D eigenvalue weighted by Gasteiger charge is 1.91. The van der Waals surface area contributed by atoms with E-state index in [0.29, 0.717) is 0 Å². The Bertz CT molecular complexity index is 131. The van der Waals surface area contributed by atoms with Crippen molar-refractivity contribution in [3.8, 4) is 0 Å². The van der Waals surface area contributed by atoms with E-state index in [0.717, 1.165) is 25.3 Å². The van der Waals surface area contributed by atoms with Gasteiger partial charge in [0.2, 0.25) is 0 Å². The third-order valence-electron chi connectivity index (χ3n) is 1.63. The molecule has 13 heavy (non-hydrogen) atoms. The van der Waals surface area contributed by atoms with Crippen LogP contribution in [0.5, 0.6) is 0 Å². The normalized spacial score (nSPS) is 13.1. The Labute approximate surface area is 88.7 Å². The van der Waals surface area contributed by atoms with Gasteiger partial charge in [0, 0.05) is 22.8 Å². The summed E-state index contributed by atoms with van der Waals surface area (Å²) in [6, 6.07) is 0. The lowest BCUT2D eigenvalue weighted by Gasteiger charge is -2.02. The van der Waals surface area contributed by atoms with E-state index in [4.69, 9.17) is 0 Å². The van der Waals surface area contributed by atoms with Gasteiger partial charge < -0.3 is 5.32 Å². The fourth-order valence-electron chi connectivity index (χ4n) is 0.969. The fourth-order valence-corrected chi connectivity index (χ4v) is 2.16. The second kappa shape index (κ2) is 10.5. The average Bonchev–Trinajstić information content (AvgIpc) is 2.09. The Balaban J connectivity index is 2.87. The van der Waals surface area contributed by atoms with Gasteiger partial charge in [-0.25, -0.2) is 0 Å². The van der Waals surface area contributed by atoms with Crippen LogP contribution in [-0.4, -0.2) is 40.8 Å². The van der Waals surface area contributed by atoms with E-state index >= 15 is 0 Å². The zero-order chi connectivity index (χ0) is 9.94. The van der Waals surface area contributed by atoms with Crippen LogP contribution in [-0.2, 0) is 10.8 Å². The first-order valence-corrected chi connectivity index (χ1v) is 7.74. The zero-order valence-corrected chi connectivity index (χ0v) is 10.3. The van der Waals surface area contributed by atoms with E-state index in [2.05, 4.69) is 12.2 Å². The Morgan fingerprint density at radius 2 is 2.00 bits per heavy atom. The minimum Gasteiger partial charge on any atom is -0.317 e. The molecule has 0 aromatic carbocycles. The Hall–Kier alpha value is 0.460. The molecule has 0 aliphatic rings. The fraction of sp³-hybridized carbons (Fsp3) is 1.00. The Morgan fingerprint density at radius 1 is 1.31 bits per heavy atom. The maximum Gasteiger partial charge on any atom is 0.0244 e. The van der Waals surface area contributed by atoms with Gasteiger partial charge in [0.1, 0.15) is 0 Å². The van der Waals surface area contributed by atoms with E-state index in [9.17, 15) is 4.21 Å². The molecular weight excluding hydrogens is 202 g/mol. The molecule has 0 radical (unpaired) electrons. The van der Waals surface area contributed by atoms with Gasteiger partial charge in [-0.1, -0.05) is 6.92 Å². The van der Waals surface area contributed by atoms with Crippen molar-refractivity contribution in [3.05, 3.63) is 0 Å². The van der Waals surface area contributed by atoms with Crippen molar-refractivity contribution < 1.29 is 4.21 Å². The predicted octanol–water partition coefficient (Wildman–Crippen LogP) is 1.49. The van der Waals surface area contributed by atoms with Crippen molar-refractivity contribution in [2.75, 3.05) is 36.6 Å². The maximum atomic E-state index is 10.7. The minimum absolute atomic E-state index is 0.620. The molecule has 1 atom stereocenters. The Morgan fingerprint density at radius 3 is 2.62 bits per heavy atom. The van der Waals surface area contributed by atoms with Crippen LogP contribution in [0.2, 0.25) is 0 Å². The maximum absolute atomic E-state index is 10.7. The van der Waals surface area contributed by atoms with Gasteiger partial charge in [-0.3, -0.25) is 4.21 Å². The van der Waals surface area contributed by atoms with Gasteiger partial charge in [0.25, 0.3) is 0 Å². The summed E-state index contributed by atoms with van der Waals surface area (Å²) in [4.78, 5) is 0. The summed E-state index contributed by atoms with van der Waals surface area (Å²) >= 11 is 1.99. The summed E-state index contributed by atoms with van der Waals surface area (Å²) in [5.74, 6) is 3.30. The molecule has 0 heterocycles. The van der Waals surface area contributed by atoms with Crippen molar-refractivity contribution >= 4 is 22.6 Å². The minimum atomic E-state index is -0.620. The van der Waals surface area contributed by atoms with Crippen LogP contribution in [0.4, 0.5) is 0 Å². The van der Waals surface area contributed by atoms with Gasteiger partial charge in [-0.05, 0) is 37.4 Å². The molecule has 1 unspecified atom stereocenters. The summed E-state index contributed by atoms with van der Waals surface area (Å²) in [7, 11) is -0.620. The molecule has 0 aromatic rings. The topological polar surface area (TPSA) is 29.1 Å². The lowest BCUT2D eigenvalue weighted by atomic mass is 10.4. The number of hydrogen-bond acceptors (Lipinski definition) is 3. The van der Waals surface area contributed by atoms with Crippen LogP contribution >= 0.6 is 11.8 Å². The monoisotopic (exact) mass is 223 g/mol. The van der Waals surface area contributed by atoms with Crippen molar-refractivity contribution in [1.29, 1.82) is 0 Å². The van der Waals surface area contributed by atoms with E-state index in [1.807, 2.05) is 11.8 Å². The van der Waals surface area contributed by atoms with Gasteiger partial charge in [-0.2, -0.15) is 11.8 Å². The molecule has 0 fully saturated rings. The van der Waals surface area contributed by atoms with Gasteiger partial charge in [0.05, 0.1) is 0 Å². The van der Waals surface area contributed by atoms with Crippen molar-refractivity contribution in [1.82, 2.24) is 5.32 Å². The van der Waals surface area contributed by atoms with Crippen LogP contribution in [0, 0.1) is 0 Å². The number of rotatable bonds is 9. The summed E-state index contributed by atoms with van der Waals surface area (Å²) in [5.41, 5.74) is 0. The zero-order valence-electron chi connectivity index (χ0n) is 8.67. The first-order valence-electron chi connectivity index (χ1n) is 4.86. The van der Waals surface area contributed by atoms with Crippen LogP contribution in [0.1, 0.15) is 19.8 Å². The predicted molar refractivity (Wildman–Crippen MR) is 64.0 cm³/mol. The lowest BCUT2D eigenvalue weighted by molar-refractivity contribution is 0.656. The first kappa shape index (κ1) is 13.5. The molecule has 0 aromatic heterocycles. The molecule has 0 bridgehead atoms. The third kappa shape index (κ3) is 12.5. The van der Waals surface area contributed by atoms with Crippen molar-refractivity contribution in [2.24, 2.45) is 0 Å². The standard InChI is InChI=1S/C9H21NOS2/c1-3-12-8-4-6-10-7-5-9-13(2)11/h10H,3-9H2,1-2H3. The first-order chi connectivity index (χ1) is 6.27. The molecule has 0 aliphatic heterocycles. The van der Waals surface area contributed by atoms with E-state index < -0.39 is 10.8 Å². The molecular formula is C9H21NOS2. The summed E-state index contributed by atoms with van der Waals surface area (Å²) in [6.07, 6.45) is 4.04. The summed E-state index contributed by atoms with van der Waals surface area (Å²) < 4.78 is 10.7. The lowest BCUT2D eigenvalue weighted by Crippen LogP contribution is -2.18. The number of thioether (sulfide) groups is 1. The molecule has 80 valence electrons. The van der Waals surface area contributed by atoms with Gasteiger partial charge in [0.15, 0.2) is 0 Å². The van der Waals surface area contributed by atoms with E-state index in [1.165, 1.54) is 17.9 Å².